The van der Waals surface area contributed by atoms with E-state index in [-0.39, 0.29) is 37.1 Å². The van der Waals surface area contributed by atoms with Crippen LogP contribution in [0.15, 0.2) is 0 Å². The Hall–Kier alpha value is -0.980. The molecule has 0 aromatic rings. The van der Waals surface area contributed by atoms with Crippen LogP contribution in [0.1, 0.15) is 59.3 Å². The number of carbonyl (C=O) groups excluding carboxylic acids is 1. The topological polar surface area (TPSA) is 38.8 Å². The molecule has 0 radical (unpaired) electrons. The Balaban J connectivity index is 1.40. The molecule has 1 spiro atoms. The first-order valence-corrected chi connectivity index (χ1v) is 9.10. The van der Waals surface area contributed by atoms with Gasteiger partial charge in [0.1, 0.15) is 5.60 Å². The lowest BCUT2D eigenvalue weighted by Gasteiger charge is -2.53. The summed E-state index contributed by atoms with van der Waals surface area (Å²) in [6.45, 7) is 6.70. The predicted molar refractivity (Wildman–Crippen MR) is 86.2 cm³/mol. The van der Waals surface area contributed by atoms with Gasteiger partial charge in [-0.1, -0.05) is 0 Å². The monoisotopic (exact) mass is 363 g/mol. The number of likely N-dealkylation sites (tertiary alicyclic amines) is 1. The molecule has 1 amide bonds. The van der Waals surface area contributed by atoms with Crippen molar-refractivity contribution in [2.75, 3.05) is 19.7 Å². The molecule has 0 aromatic carbocycles. The first-order valence-electron chi connectivity index (χ1n) is 9.10. The van der Waals surface area contributed by atoms with E-state index in [9.17, 15) is 18.0 Å². The van der Waals surface area contributed by atoms with Gasteiger partial charge in [0.2, 0.25) is 0 Å². The van der Waals surface area contributed by atoms with Crippen LogP contribution in [-0.2, 0) is 9.47 Å². The Labute approximate surface area is 147 Å². The molecule has 3 fully saturated rings. The SMILES string of the molecule is CC(C)(C)OC(=O)N1CC2(CCC(OCC3(C(F)(F)F)CC3)CC2)C1. The maximum atomic E-state index is 12.9. The van der Waals surface area contributed by atoms with Crippen molar-refractivity contribution in [2.24, 2.45) is 10.8 Å². The first kappa shape index (κ1) is 18.8. The highest BCUT2D eigenvalue weighted by atomic mass is 19.4. The van der Waals surface area contributed by atoms with Gasteiger partial charge in [-0.3, -0.25) is 0 Å². The Kier molecular flexibility index (Phi) is 4.54. The number of carbonyl (C=O) groups is 1. The molecule has 0 aromatic heterocycles. The first-order chi connectivity index (χ1) is 11.4. The normalized spacial score (nSPS) is 25.6. The Bertz CT molecular complexity index is 507. The number of ether oxygens (including phenoxy) is 2. The van der Waals surface area contributed by atoms with Crippen molar-refractivity contribution in [3.05, 3.63) is 0 Å². The van der Waals surface area contributed by atoms with Gasteiger partial charge in [0.25, 0.3) is 0 Å². The molecule has 2 aliphatic carbocycles. The van der Waals surface area contributed by atoms with Crippen molar-refractivity contribution >= 4 is 6.09 Å². The minimum absolute atomic E-state index is 0.0824. The zero-order chi connectivity index (χ0) is 18.5. The minimum atomic E-state index is -4.15. The predicted octanol–water partition coefficient (Wildman–Crippen LogP) is 4.53. The quantitative estimate of drug-likeness (QED) is 0.740. The molecule has 144 valence electrons. The minimum Gasteiger partial charge on any atom is -0.444 e. The van der Waals surface area contributed by atoms with Crippen LogP contribution in [0.2, 0.25) is 0 Å². The van der Waals surface area contributed by atoms with Gasteiger partial charge in [0.05, 0.1) is 18.1 Å². The highest BCUT2D eigenvalue weighted by Gasteiger charge is 2.63. The fraction of sp³-hybridized carbons (Fsp3) is 0.944. The van der Waals surface area contributed by atoms with Crippen LogP contribution in [0.3, 0.4) is 0 Å². The number of hydrogen-bond donors (Lipinski definition) is 0. The Morgan fingerprint density at radius 2 is 1.64 bits per heavy atom. The van der Waals surface area contributed by atoms with Gasteiger partial charge >= 0.3 is 12.3 Å². The number of halogens is 3. The molecule has 0 N–H and O–H groups in total. The molecule has 1 saturated heterocycles. The zero-order valence-corrected chi connectivity index (χ0v) is 15.2. The lowest BCUT2D eigenvalue weighted by atomic mass is 9.68. The van der Waals surface area contributed by atoms with Gasteiger partial charge in [0, 0.05) is 18.5 Å². The van der Waals surface area contributed by atoms with Crippen LogP contribution in [0.4, 0.5) is 18.0 Å². The van der Waals surface area contributed by atoms with Crippen molar-refractivity contribution in [3.63, 3.8) is 0 Å². The van der Waals surface area contributed by atoms with E-state index in [1.807, 2.05) is 20.8 Å². The van der Waals surface area contributed by atoms with Gasteiger partial charge < -0.3 is 14.4 Å². The lowest BCUT2D eigenvalue weighted by molar-refractivity contribution is -0.208. The van der Waals surface area contributed by atoms with Crippen molar-refractivity contribution in [1.29, 1.82) is 0 Å². The van der Waals surface area contributed by atoms with E-state index in [1.54, 1.807) is 4.90 Å². The van der Waals surface area contributed by atoms with Crippen molar-refractivity contribution in [2.45, 2.75) is 77.2 Å². The van der Waals surface area contributed by atoms with E-state index in [4.69, 9.17) is 9.47 Å². The fourth-order valence-corrected chi connectivity index (χ4v) is 3.84. The standard InChI is InChI=1S/C18H28F3NO3/c1-15(2,3)25-14(23)22-10-16(11-22)6-4-13(5-7-16)24-12-17(8-9-17)18(19,20)21/h13H,4-12H2,1-3H3. The second kappa shape index (κ2) is 6.03. The van der Waals surface area contributed by atoms with Gasteiger partial charge in [0.15, 0.2) is 0 Å². The molecular formula is C18H28F3NO3. The van der Waals surface area contributed by atoms with Crippen LogP contribution in [-0.4, -0.2) is 48.6 Å². The summed E-state index contributed by atoms with van der Waals surface area (Å²) in [6, 6.07) is 0. The highest BCUT2D eigenvalue weighted by molar-refractivity contribution is 5.69. The smallest absolute Gasteiger partial charge is 0.410 e. The van der Waals surface area contributed by atoms with Crippen LogP contribution < -0.4 is 0 Å². The molecule has 0 bridgehead atoms. The number of alkyl halides is 3. The largest absolute Gasteiger partial charge is 0.444 e. The highest BCUT2D eigenvalue weighted by Crippen LogP contribution is 2.58. The van der Waals surface area contributed by atoms with Crippen LogP contribution >= 0.6 is 0 Å². The van der Waals surface area contributed by atoms with Crippen LogP contribution in [0.25, 0.3) is 0 Å². The molecule has 25 heavy (non-hydrogen) atoms. The summed E-state index contributed by atoms with van der Waals surface area (Å²) in [6.07, 6.45) is -0.780. The van der Waals surface area contributed by atoms with E-state index in [0.717, 1.165) is 25.7 Å². The Morgan fingerprint density at radius 3 is 2.08 bits per heavy atom. The number of rotatable bonds is 3. The molecule has 1 aliphatic heterocycles. The molecule has 1 heterocycles. The molecule has 3 aliphatic rings. The second-order valence-corrected chi connectivity index (χ2v) is 9.12. The van der Waals surface area contributed by atoms with E-state index in [1.165, 1.54) is 0 Å². The summed E-state index contributed by atoms with van der Waals surface area (Å²) >= 11 is 0. The van der Waals surface area contributed by atoms with E-state index in [2.05, 4.69) is 0 Å². The number of amides is 1. The lowest BCUT2D eigenvalue weighted by Crippen LogP contribution is -2.60. The van der Waals surface area contributed by atoms with Crippen molar-refractivity contribution in [1.82, 2.24) is 4.90 Å². The number of nitrogens with zero attached hydrogens (tertiary/aromatic N) is 1. The zero-order valence-electron chi connectivity index (χ0n) is 15.2. The number of hydrogen-bond acceptors (Lipinski definition) is 3. The average molecular weight is 363 g/mol. The van der Waals surface area contributed by atoms with E-state index >= 15 is 0 Å². The molecule has 3 rings (SSSR count). The molecule has 7 heteroatoms. The molecule has 2 saturated carbocycles. The Morgan fingerprint density at radius 1 is 1.08 bits per heavy atom. The van der Waals surface area contributed by atoms with E-state index < -0.39 is 17.2 Å². The summed E-state index contributed by atoms with van der Waals surface area (Å²) in [5.41, 5.74) is -1.97. The van der Waals surface area contributed by atoms with Crippen LogP contribution in [0, 0.1) is 10.8 Å². The molecular weight excluding hydrogens is 335 g/mol. The average Bonchev–Trinajstić information content (AvgIpc) is 3.22. The molecule has 0 atom stereocenters. The van der Waals surface area contributed by atoms with Gasteiger partial charge in [-0.15, -0.1) is 0 Å². The summed E-state index contributed by atoms with van der Waals surface area (Å²) in [4.78, 5) is 13.7. The van der Waals surface area contributed by atoms with E-state index in [0.29, 0.717) is 13.1 Å². The third kappa shape index (κ3) is 4.07. The third-order valence-corrected chi connectivity index (χ3v) is 5.75. The van der Waals surface area contributed by atoms with Crippen LogP contribution in [0.5, 0.6) is 0 Å². The van der Waals surface area contributed by atoms with Gasteiger partial charge in [-0.05, 0) is 59.3 Å². The van der Waals surface area contributed by atoms with Gasteiger partial charge in [-0.25, -0.2) is 4.79 Å². The summed E-state index contributed by atoms with van der Waals surface area (Å²) in [5.74, 6) is 0. The third-order valence-electron chi connectivity index (χ3n) is 5.75. The maximum Gasteiger partial charge on any atom is 0.410 e. The van der Waals surface area contributed by atoms with Gasteiger partial charge in [-0.2, -0.15) is 13.2 Å². The van der Waals surface area contributed by atoms with Crippen molar-refractivity contribution < 1.29 is 27.4 Å². The summed E-state index contributed by atoms with van der Waals surface area (Å²) < 4.78 is 49.8. The maximum absolute atomic E-state index is 12.9. The molecule has 0 unspecified atom stereocenters. The fourth-order valence-electron chi connectivity index (χ4n) is 3.84. The summed E-state index contributed by atoms with van der Waals surface area (Å²) in [5, 5.41) is 0. The van der Waals surface area contributed by atoms with Crippen molar-refractivity contribution in [3.8, 4) is 0 Å². The molecule has 4 nitrogen and oxygen atoms in total. The summed E-state index contributed by atoms with van der Waals surface area (Å²) in [7, 11) is 0. The second-order valence-electron chi connectivity index (χ2n) is 9.12.